The monoisotopic (exact) mass is 204 g/mol. The van der Waals surface area contributed by atoms with E-state index in [0.717, 1.165) is 44.0 Å². The largest absolute Gasteiger partial charge is 0.493 e. The van der Waals surface area contributed by atoms with E-state index in [1.54, 1.807) is 0 Å². The first-order chi connectivity index (χ1) is 7.43. The molecule has 2 aliphatic rings. The summed E-state index contributed by atoms with van der Waals surface area (Å²) in [4.78, 5) is 0. The van der Waals surface area contributed by atoms with Crippen LogP contribution >= 0.6 is 0 Å². The van der Waals surface area contributed by atoms with Gasteiger partial charge in [-0.05, 0) is 49.3 Å². The van der Waals surface area contributed by atoms with Crippen LogP contribution < -0.4 is 9.47 Å². The molecule has 0 radical (unpaired) electrons. The molecule has 0 fully saturated rings. The van der Waals surface area contributed by atoms with Crippen molar-refractivity contribution in [3.05, 3.63) is 23.3 Å². The summed E-state index contributed by atoms with van der Waals surface area (Å²) in [5.41, 5.74) is 2.74. The Morgan fingerprint density at radius 3 is 2.20 bits per heavy atom. The molecular formula is C13H16O2. The van der Waals surface area contributed by atoms with E-state index in [2.05, 4.69) is 12.1 Å². The van der Waals surface area contributed by atoms with Crippen LogP contribution in [0, 0.1) is 0 Å². The fourth-order valence-electron chi connectivity index (χ4n) is 2.36. The third-order valence-corrected chi connectivity index (χ3v) is 3.19. The van der Waals surface area contributed by atoms with E-state index >= 15 is 0 Å². The van der Waals surface area contributed by atoms with E-state index < -0.39 is 0 Å². The van der Waals surface area contributed by atoms with Crippen LogP contribution in [0.5, 0.6) is 11.5 Å². The van der Waals surface area contributed by atoms with E-state index in [1.165, 1.54) is 24.0 Å². The minimum Gasteiger partial charge on any atom is -0.493 e. The highest BCUT2D eigenvalue weighted by Gasteiger charge is 2.16. The Bertz CT molecular complexity index is 336. The molecule has 15 heavy (non-hydrogen) atoms. The van der Waals surface area contributed by atoms with Crippen molar-refractivity contribution in [3.8, 4) is 11.5 Å². The summed E-state index contributed by atoms with van der Waals surface area (Å²) in [7, 11) is 0. The van der Waals surface area contributed by atoms with Gasteiger partial charge in [0.2, 0.25) is 0 Å². The molecule has 1 aromatic carbocycles. The predicted octanol–water partition coefficient (Wildman–Crippen LogP) is 2.73. The number of hydrogen-bond acceptors (Lipinski definition) is 2. The quantitative estimate of drug-likeness (QED) is 0.647. The number of fused-ring (bicyclic) bond motifs is 2. The summed E-state index contributed by atoms with van der Waals surface area (Å²) in [6.07, 6.45) is 5.87. The van der Waals surface area contributed by atoms with Crippen molar-refractivity contribution in [1.29, 1.82) is 0 Å². The van der Waals surface area contributed by atoms with E-state index in [-0.39, 0.29) is 0 Å². The molecule has 0 spiro atoms. The molecule has 0 bridgehead atoms. The zero-order valence-corrected chi connectivity index (χ0v) is 8.92. The van der Waals surface area contributed by atoms with Crippen LogP contribution in [-0.2, 0) is 12.8 Å². The second kappa shape index (κ2) is 3.76. The lowest BCUT2D eigenvalue weighted by Gasteiger charge is -2.19. The van der Waals surface area contributed by atoms with Crippen LogP contribution in [0.4, 0.5) is 0 Å². The molecule has 0 amide bonds. The summed E-state index contributed by atoms with van der Waals surface area (Å²) < 4.78 is 11.4. The summed E-state index contributed by atoms with van der Waals surface area (Å²) in [6.45, 7) is 1.71. The van der Waals surface area contributed by atoms with Crippen LogP contribution in [0.15, 0.2) is 12.1 Å². The molecule has 0 N–H and O–H groups in total. The molecule has 0 aromatic heterocycles. The van der Waals surface area contributed by atoms with Gasteiger partial charge in [0.15, 0.2) is 0 Å². The number of ether oxygens (including phenoxy) is 2. The Morgan fingerprint density at radius 2 is 1.40 bits per heavy atom. The van der Waals surface area contributed by atoms with Crippen LogP contribution in [-0.4, -0.2) is 13.2 Å². The predicted molar refractivity (Wildman–Crippen MR) is 58.7 cm³/mol. The third-order valence-electron chi connectivity index (χ3n) is 3.19. The molecule has 2 aliphatic heterocycles. The van der Waals surface area contributed by atoms with Crippen molar-refractivity contribution in [2.45, 2.75) is 32.1 Å². The average molecular weight is 204 g/mol. The van der Waals surface area contributed by atoms with Crippen molar-refractivity contribution < 1.29 is 9.47 Å². The molecule has 3 rings (SSSR count). The highest BCUT2D eigenvalue weighted by molar-refractivity contribution is 5.47. The first-order valence-corrected chi connectivity index (χ1v) is 5.85. The van der Waals surface area contributed by atoms with E-state index in [0.29, 0.717) is 0 Å². The number of benzene rings is 1. The summed E-state index contributed by atoms with van der Waals surface area (Å²) >= 11 is 0. The molecule has 0 saturated heterocycles. The molecule has 80 valence electrons. The van der Waals surface area contributed by atoms with Gasteiger partial charge in [-0.2, -0.15) is 0 Å². The van der Waals surface area contributed by atoms with Gasteiger partial charge in [0.25, 0.3) is 0 Å². The van der Waals surface area contributed by atoms with Crippen LogP contribution in [0.2, 0.25) is 0 Å². The van der Waals surface area contributed by atoms with Gasteiger partial charge < -0.3 is 9.47 Å². The Hall–Kier alpha value is -1.18. The standard InChI is InChI=1S/C13H16O2/c1-2-6-14-12-9-13-11(5-3-7-15-13)8-10(12)4-1/h8-9H,1-7H2. The van der Waals surface area contributed by atoms with Crippen molar-refractivity contribution >= 4 is 0 Å². The number of hydrogen-bond donors (Lipinski definition) is 0. The van der Waals surface area contributed by atoms with Gasteiger partial charge in [0.05, 0.1) is 13.2 Å². The zero-order valence-electron chi connectivity index (χ0n) is 8.92. The lowest BCUT2D eigenvalue weighted by molar-refractivity contribution is 0.281. The molecular weight excluding hydrogens is 188 g/mol. The Labute approximate surface area is 90.2 Å². The van der Waals surface area contributed by atoms with E-state index in [1.807, 2.05) is 0 Å². The van der Waals surface area contributed by atoms with Crippen LogP contribution in [0.3, 0.4) is 0 Å². The summed E-state index contributed by atoms with van der Waals surface area (Å²) in [6, 6.07) is 4.38. The third kappa shape index (κ3) is 1.69. The topological polar surface area (TPSA) is 18.5 Å². The number of aryl methyl sites for hydroxylation is 2. The fourth-order valence-corrected chi connectivity index (χ4v) is 2.36. The van der Waals surface area contributed by atoms with Gasteiger partial charge in [-0.15, -0.1) is 0 Å². The Kier molecular flexibility index (Phi) is 2.28. The first-order valence-electron chi connectivity index (χ1n) is 5.85. The SMILES string of the molecule is c1c2c(cc3c1CCCO3)OCCCC2. The average Bonchev–Trinajstić information content (AvgIpc) is 2.50. The summed E-state index contributed by atoms with van der Waals surface area (Å²) in [5, 5.41) is 0. The smallest absolute Gasteiger partial charge is 0.126 e. The molecule has 0 saturated carbocycles. The van der Waals surface area contributed by atoms with Crippen LogP contribution in [0.1, 0.15) is 30.4 Å². The molecule has 2 heterocycles. The zero-order chi connectivity index (χ0) is 10.1. The van der Waals surface area contributed by atoms with Crippen LogP contribution in [0.25, 0.3) is 0 Å². The van der Waals surface area contributed by atoms with Crippen molar-refractivity contribution in [1.82, 2.24) is 0 Å². The van der Waals surface area contributed by atoms with Crippen molar-refractivity contribution in [2.75, 3.05) is 13.2 Å². The molecule has 0 atom stereocenters. The fraction of sp³-hybridized carbons (Fsp3) is 0.538. The van der Waals surface area contributed by atoms with Crippen molar-refractivity contribution in [2.24, 2.45) is 0 Å². The Balaban J connectivity index is 2.02. The normalized spacial score (nSPS) is 19.2. The van der Waals surface area contributed by atoms with Gasteiger partial charge in [0, 0.05) is 6.07 Å². The Morgan fingerprint density at radius 1 is 0.733 bits per heavy atom. The number of rotatable bonds is 0. The lowest BCUT2D eigenvalue weighted by atomic mass is 10.00. The minimum atomic E-state index is 0.853. The molecule has 2 heteroatoms. The van der Waals surface area contributed by atoms with Gasteiger partial charge in [0.1, 0.15) is 11.5 Å². The summed E-state index contributed by atoms with van der Waals surface area (Å²) in [5.74, 6) is 2.09. The van der Waals surface area contributed by atoms with Crippen molar-refractivity contribution in [3.63, 3.8) is 0 Å². The molecule has 1 aromatic rings. The minimum absolute atomic E-state index is 0.853. The van der Waals surface area contributed by atoms with Gasteiger partial charge in [-0.25, -0.2) is 0 Å². The van der Waals surface area contributed by atoms with E-state index in [4.69, 9.17) is 9.47 Å². The van der Waals surface area contributed by atoms with E-state index in [9.17, 15) is 0 Å². The molecule has 0 unspecified atom stereocenters. The lowest BCUT2D eigenvalue weighted by Crippen LogP contribution is -2.09. The van der Waals surface area contributed by atoms with Gasteiger partial charge >= 0.3 is 0 Å². The first kappa shape index (κ1) is 9.08. The maximum Gasteiger partial charge on any atom is 0.126 e. The molecule has 2 nitrogen and oxygen atoms in total. The second-order valence-corrected chi connectivity index (χ2v) is 4.33. The highest BCUT2D eigenvalue weighted by atomic mass is 16.5. The maximum absolute atomic E-state index is 5.73. The highest BCUT2D eigenvalue weighted by Crippen LogP contribution is 2.34. The molecule has 0 aliphatic carbocycles. The maximum atomic E-state index is 5.73. The van der Waals surface area contributed by atoms with Gasteiger partial charge in [-0.3, -0.25) is 0 Å². The second-order valence-electron chi connectivity index (χ2n) is 4.33. The van der Waals surface area contributed by atoms with Gasteiger partial charge in [-0.1, -0.05) is 0 Å².